The minimum atomic E-state index is -0.0215. The largest absolute Gasteiger partial charge is 0.379 e. The zero-order valence-corrected chi connectivity index (χ0v) is 18.7. The van der Waals surface area contributed by atoms with Gasteiger partial charge in [-0.1, -0.05) is 48.5 Å². The van der Waals surface area contributed by atoms with Crippen LogP contribution in [0.4, 0.5) is 0 Å². The Bertz CT molecular complexity index is 1110. The van der Waals surface area contributed by atoms with Crippen molar-refractivity contribution in [2.75, 3.05) is 39.4 Å². The topological polar surface area (TPSA) is 59.4 Å². The molecule has 0 aliphatic carbocycles. The Morgan fingerprint density at radius 3 is 2.50 bits per heavy atom. The van der Waals surface area contributed by atoms with Crippen molar-refractivity contribution in [1.29, 1.82) is 0 Å². The van der Waals surface area contributed by atoms with Gasteiger partial charge in [0.15, 0.2) is 0 Å². The second kappa shape index (κ2) is 9.65. The van der Waals surface area contributed by atoms with Crippen molar-refractivity contribution in [3.8, 4) is 16.9 Å². The molecule has 2 aromatic heterocycles. The Labute approximate surface area is 191 Å². The van der Waals surface area contributed by atoms with Gasteiger partial charge in [-0.3, -0.25) is 9.69 Å². The summed E-state index contributed by atoms with van der Waals surface area (Å²) in [5.41, 5.74) is 2.92. The number of morpholine rings is 1. The number of nitrogens with zero attached hydrogens (tertiary/aromatic N) is 3. The summed E-state index contributed by atoms with van der Waals surface area (Å²) in [5.74, 6) is -0.0215. The van der Waals surface area contributed by atoms with Crippen LogP contribution in [0, 0.1) is 0 Å². The van der Waals surface area contributed by atoms with Gasteiger partial charge in [0.1, 0.15) is 10.5 Å². The molecule has 164 valence electrons. The first kappa shape index (κ1) is 20.9. The quantitative estimate of drug-likeness (QED) is 0.432. The van der Waals surface area contributed by atoms with Gasteiger partial charge in [0.2, 0.25) is 0 Å². The molecule has 1 aliphatic heterocycles. The maximum absolute atomic E-state index is 12.9. The minimum Gasteiger partial charge on any atom is -0.379 e. The zero-order chi connectivity index (χ0) is 21.8. The molecule has 0 unspecified atom stereocenters. The first-order valence-corrected chi connectivity index (χ1v) is 11.8. The SMILES string of the molecule is O=C(NCCCN1CCOCC1)c1cc2c(-c3ccccc3)nn(-c3ccccc3)c2s1. The molecule has 0 spiro atoms. The molecule has 5 rings (SSSR count). The minimum absolute atomic E-state index is 0.0215. The van der Waals surface area contributed by atoms with Crippen LogP contribution >= 0.6 is 11.3 Å². The van der Waals surface area contributed by atoms with E-state index in [1.54, 1.807) is 0 Å². The summed E-state index contributed by atoms with van der Waals surface area (Å²) in [4.78, 5) is 17.0. The maximum atomic E-state index is 12.9. The van der Waals surface area contributed by atoms with Crippen molar-refractivity contribution in [2.45, 2.75) is 6.42 Å². The number of rotatable bonds is 7. The van der Waals surface area contributed by atoms with Gasteiger partial charge in [-0.15, -0.1) is 11.3 Å². The first-order valence-electron chi connectivity index (χ1n) is 11.0. The van der Waals surface area contributed by atoms with Crippen LogP contribution in [0.1, 0.15) is 16.1 Å². The van der Waals surface area contributed by atoms with Crippen molar-refractivity contribution in [1.82, 2.24) is 20.0 Å². The zero-order valence-electron chi connectivity index (χ0n) is 17.9. The predicted octanol–water partition coefficient (Wildman–Crippen LogP) is 4.21. The van der Waals surface area contributed by atoms with Gasteiger partial charge in [-0.05, 0) is 31.2 Å². The monoisotopic (exact) mass is 446 g/mol. The van der Waals surface area contributed by atoms with Crippen LogP contribution in [0.15, 0.2) is 66.7 Å². The van der Waals surface area contributed by atoms with E-state index in [1.807, 2.05) is 59.3 Å². The Balaban J connectivity index is 1.37. The first-order chi connectivity index (χ1) is 15.8. The number of nitrogens with one attached hydrogen (secondary N) is 1. The molecule has 1 saturated heterocycles. The molecule has 3 heterocycles. The summed E-state index contributed by atoms with van der Waals surface area (Å²) >= 11 is 1.49. The van der Waals surface area contributed by atoms with Crippen LogP contribution in [0.3, 0.4) is 0 Å². The third-order valence-corrected chi connectivity index (χ3v) is 6.78. The molecule has 0 radical (unpaired) electrons. The molecular weight excluding hydrogens is 420 g/mol. The average Bonchev–Trinajstić information content (AvgIpc) is 3.43. The van der Waals surface area contributed by atoms with Gasteiger partial charge in [-0.2, -0.15) is 5.10 Å². The van der Waals surface area contributed by atoms with Gasteiger partial charge in [0.05, 0.1) is 23.8 Å². The molecule has 1 aliphatic rings. The van der Waals surface area contributed by atoms with Crippen LogP contribution < -0.4 is 5.32 Å². The Kier molecular flexibility index (Phi) is 6.29. The van der Waals surface area contributed by atoms with Gasteiger partial charge < -0.3 is 10.1 Å². The number of thiophene rings is 1. The Morgan fingerprint density at radius 2 is 1.75 bits per heavy atom. The van der Waals surface area contributed by atoms with Crippen molar-refractivity contribution in [3.05, 3.63) is 71.6 Å². The highest BCUT2D eigenvalue weighted by atomic mass is 32.1. The lowest BCUT2D eigenvalue weighted by Crippen LogP contribution is -2.38. The van der Waals surface area contributed by atoms with E-state index in [4.69, 9.17) is 9.84 Å². The summed E-state index contributed by atoms with van der Waals surface area (Å²) in [6.45, 7) is 5.20. The molecule has 2 aromatic carbocycles. The number of ether oxygens (including phenoxy) is 1. The molecule has 0 atom stereocenters. The second-order valence-electron chi connectivity index (χ2n) is 7.85. The van der Waals surface area contributed by atoms with Crippen molar-refractivity contribution in [3.63, 3.8) is 0 Å². The van der Waals surface area contributed by atoms with E-state index < -0.39 is 0 Å². The van der Waals surface area contributed by atoms with Gasteiger partial charge >= 0.3 is 0 Å². The molecule has 1 amide bonds. The number of hydrogen-bond acceptors (Lipinski definition) is 5. The summed E-state index contributed by atoms with van der Waals surface area (Å²) in [5, 5.41) is 8.99. The normalized spacial score (nSPS) is 14.6. The van der Waals surface area contributed by atoms with E-state index in [-0.39, 0.29) is 5.91 Å². The molecule has 32 heavy (non-hydrogen) atoms. The lowest BCUT2D eigenvalue weighted by molar-refractivity contribution is 0.0374. The molecular formula is C25H26N4O2S. The molecule has 0 bridgehead atoms. The van der Waals surface area contributed by atoms with Crippen LogP contribution in [0.25, 0.3) is 27.2 Å². The molecule has 1 N–H and O–H groups in total. The van der Waals surface area contributed by atoms with E-state index in [9.17, 15) is 4.79 Å². The fourth-order valence-electron chi connectivity index (χ4n) is 3.99. The molecule has 7 heteroatoms. The van der Waals surface area contributed by atoms with E-state index in [2.05, 4.69) is 22.3 Å². The molecule has 0 saturated carbocycles. The third kappa shape index (κ3) is 4.46. The lowest BCUT2D eigenvalue weighted by Gasteiger charge is -2.26. The average molecular weight is 447 g/mol. The lowest BCUT2D eigenvalue weighted by atomic mass is 10.1. The highest BCUT2D eigenvalue weighted by Gasteiger charge is 2.20. The number of carbonyl (C=O) groups excluding carboxylic acids is 1. The van der Waals surface area contributed by atoms with E-state index >= 15 is 0 Å². The number of para-hydroxylation sites is 1. The summed E-state index contributed by atoms with van der Waals surface area (Å²) in [7, 11) is 0. The third-order valence-electron chi connectivity index (χ3n) is 5.67. The van der Waals surface area contributed by atoms with E-state index in [0.29, 0.717) is 11.4 Å². The fraction of sp³-hybridized carbons (Fsp3) is 0.280. The van der Waals surface area contributed by atoms with Crippen LogP contribution in [0.5, 0.6) is 0 Å². The highest BCUT2D eigenvalue weighted by molar-refractivity contribution is 7.20. The number of hydrogen-bond donors (Lipinski definition) is 1. The fourth-order valence-corrected chi connectivity index (χ4v) is 5.04. The smallest absolute Gasteiger partial charge is 0.261 e. The Morgan fingerprint density at radius 1 is 1.03 bits per heavy atom. The van der Waals surface area contributed by atoms with Gasteiger partial charge in [0.25, 0.3) is 5.91 Å². The van der Waals surface area contributed by atoms with Crippen molar-refractivity contribution >= 4 is 27.5 Å². The summed E-state index contributed by atoms with van der Waals surface area (Å²) < 4.78 is 7.33. The van der Waals surface area contributed by atoms with Crippen molar-refractivity contribution < 1.29 is 9.53 Å². The number of aromatic nitrogens is 2. The van der Waals surface area contributed by atoms with Gasteiger partial charge in [-0.25, -0.2) is 4.68 Å². The molecule has 6 nitrogen and oxygen atoms in total. The van der Waals surface area contributed by atoms with Crippen LogP contribution in [-0.2, 0) is 4.74 Å². The van der Waals surface area contributed by atoms with Crippen LogP contribution in [-0.4, -0.2) is 60.0 Å². The van der Waals surface area contributed by atoms with E-state index in [0.717, 1.165) is 66.4 Å². The highest BCUT2D eigenvalue weighted by Crippen LogP contribution is 2.35. The summed E-state index contributed by atoms with van der Waals surface area (Å²) in [6, 6.07) is 22.2. The number of benzene rings is 2. The second-order valence-corrected chi connectivity index (χ2v) is 8.89. The number of fused-ring (bicyclic) bond motifs is 1. The standard InChI is InChI=1S/C25H26N4O2S/c30-24(26-12-7-13-28-14-16-31-17-15-28)22-18-21-23(19-8-3-1-4-9-19)27-29(25(21)32-22)20-10-5-2-6-11-20/h1-6,8-11,18H,7,12-17H2,(H,26,30). The van der Waals surface area contributed by atoms with Crippen LogP contribution in [0.2, 0.25) is 0 Å². The van der Waals surface area contributed by atoms with E-state index in [1.165, 1.54) is 11.3 Å². The number of amides is 1. The van der Waals surface area contributed by atoms with Gasteiger partial charge in [0, 0.05) is 30.6 Å². The molecule has 1 fully saturated rings. The maximum Gasteiger partial charge on any atom is 0.261 e. The molecule has 4 aromatic rings. The summed E-state index contributed by atoms with van der Waals surface area (Å²) in [6.07, 6.45) is 0.934. The predicted molar refractivity (Wildman–Crippen MR) is 129 cm³/mol. The Hall–Kier alpha value is -3.00. The number of carbonyl (C=O) groups is 1. The van der Waals surface area contributed by atoms with Crippen molar-refractivity contribution in [2.24, 2.45) is 0 Å².